The molecule has 1 aromatic carbocycles. The molecular weight excluding hydrogens is 300 g/mol. The van der Waals surface area contributed by atoms with Crippen LogP contribution in [0.2, 0.25) is 0 Å². The van der Waals surface area contributed by atoms with Crippen LogP contribution in [0.25, 0.3) is 0 Å². The van der Waals surface area contributed by atoms with E-state index >= 15 is 0 Å². The molecule has 2 amide bonds. The van der Waals surface area contributed by atoms with E-state index in [0.29, 0.717) is 31.0 Å². The van der Waals surface area contributed by atoms with E-state index in [1.807, 2.05) is 26.0 Å². The van der Waals surface area contributed by atoms with Crippen molar-refractivity contribution in [2.24, 2.45) is 17.8 Å². The van der Waals surface area contributed by atoms with Gasteiger partial charge in [-0.1, -0.05) is 6.42 Å². The molecule has 0 aromatic heterocycles. The molecular formula is C20H28N2O2. The minimum atomic E-state index is 0.0415. The summed E-state index contributed by atoms with van der Waals surface area (Å²) < 4.78 is 0. The van der Waals surface area contributed by atoms with Crippen LogP contribution in [-0.4, -0.2) is 29.8 Å². The topological polar surface area (TPSA) is 49.4 Å². The summed E-state index contributed by atoms with van der Waals surface area (Å²) in [5.41, 5.74) is 1.45. The van der Waals surface area contributed by atoms with Crippen LogP contribution in [0.1, 0.15) is 56.3 Å². The van der Waals surface area contributed by atoms with E-state index in [1.165, 1.54) is 25.7 Å². The minimum absolute atomic E-state index is 0.0415. The van der Waals surface area contributed by atoms with Gasteiger partial charge in [0.1, 0.15) is 0 Å². The van der Waals surface area contributed by atoms with E-state index in [2.05, 4.69) is 5.32 Å². The number of carbonyl (C=O) groups is 2. The highest BCUT2D eigenvalue weighted by Gasteiger charge is 2.40. The molecule has 0 radical (unpaired) electrons. The van der Waals surface area contributed by atoms with E-state index < -0.39 is 0 Å². The molecule has 0 spiro atoms. The minimum Gasteiger partial charge on any atom is -0.339 e. The van der Waals surface area contributed by atoms with Crippen LogP contribution in [0.4, 0.5) is 5.69 Å². The zero-order chi connectivity index (χ0) is 17.1. The molecule has 3 atom stereocenters. The molecule has 1 N–H and O–H groups in total. The average Bonchev–Trinajstić information content (AvgIpc) is 3.19. The van der Waals surface area contributed by atoms with Gasteiger partial charge in [-0.05, 0) is 75.1 Å². The summed E-state index contributed by atoms with van der Waals surface area (Å²) in [5, 5.41) is 2.99. The molecule has 130 valence electrons. The largest absolute Gasteiger partial charge is 0.339 e. The Morgan fingerprint density at radius 2 is 1.79 bits per heavy atom. The molecule has 2 bridgehead atoms. The van der Waals surface area contributed by atoms with Crippen molar-refractivity contribution in [1.29, 1.82) is 0 Å². The van der Waals surface area contributed by atoms with Gasteiger partial charge in [-0.3, -0.25) is 9.59 Å². The number of carbonyl (C=O) groups excluding carboxylic acids is 2. The maximum absolute atomic E-state index is 12.3. The van der Waals surface area contributed by atoms with Crippen LogP contribution in [0, 0.1) is 17.8 Å². The Labute approximate surface area is 144 Å². The van der Waals surface area contributed by atoms with Crippen molar-refractivity contribution in [1.82, 2.24) is 4.90 Å². The highest BCUT2D eigenvalue weighted by atomic mass is 16.2. The van der Waals surface area contributed by atoms with Crippen molar-refractivity contribution in [2.45, 2.75) is 46.0 Å². The lowest BCUT2D eigenvalue weighted by Crippen LogP contribution is -2.30. The van der Waals surface area contributed by atoms with Gasteiger partial charge in [0.05, 0.1) is 0 Å². The van der Waals surface area contributed by atoms with Crippen LogP contribution >= 0.6 is 0 Å². The van der Waals surface area contributed by atoms with Crippen molar-refractivity contribution >= 4 is 17.5 Å². The van der Waals surface area contributed by atoms with E-state index in [1.54, 1.807) is 17.0 Å². The Bertz CT molecular complexity index is 592. The van der Waals surface area contributed by atoms with Crippen molar-refractivity contribution in [2.75, 3.05) is 18.4 Å². The molecule has 0 aliphatic heterocycles. The highest BCUT2D eigenvalue weighted by Crippen LogP contribution is 2.49. The fourth-order valence-corrected chi connectivity index (χ4v) is 4.47. The van der Waals surface area contributed by atoms with Gasteiger partial charge in [0, 0.05) is 30.8 Å². The molecule has 2 aliphatic carbocycles. The number of nitrogens with zero attached hydrogens (tertiary/aromatic N) is 1. The molecule has 2 saturated carbocycles. The highest BCUT2D eigenvalue weighted by molar-refractivity contribution is 5.95. The molecule has 1 aromatic rings. The molecule has 2 fully saturated rings. The lowest BCUT2D eigenvalue weighted by Gasteiger charge is -2.21. The van der Waals surface area contributed by atoms with Gasteiger partial charge in [-0.2, -0.15) is 0 Å². The summed E-state index contributed by atoms with van der Waals surface area (Å²) in [6.45, 7) is 5.37. The summed E-state index contributed by atoms with van der Waals surface area (Å²) in [6.07, 6.45) is 5.88. The smallest absolute Gasteiger partial charge is 0.253 e. The first-order valence-electron chi connectivity index (χ1n) is 9.29. The van der Waals surface area contributed by atoms with Crippen molar-refractivity contribution in [3.8, 4) is 0 Å². The average molecular weight is 328 g/mol. The monoisotopic (exact) mass is 328 g/mol. The van der Waals surface area contributed by atoms with Gasteiger partial charge < -0.3 is 10.2 Å². The Balaban J connectivity index is 1.54. The van der Waals surface area contributed by atoms with Crippen LogP contribution in [-0.2, 0) is 4.79 Å². The molecule has 24 heavy (non-hydrogen) atoms. The number of anilines is 1. The third-order valence-electron chi connectivity index (χ3n) is 5.80. The summed E-state index contributed by atoms with van der Waals surface area (Å²) >= 11 is 0. The number of hydrogen-bond acceptors (Lipinski definition) is 2. The molecule has 0 saturated heterocycles. The van der Waals surface area contributed by atoms with Crippen molar-refractivity contribution in [3.05, 3.63) is 29.8 Å². The number of benzene rings is 1. The molecule has 4 heteroatoms. The second kappa shape index (κ2) is 7.37. The molecule has 2 aliphatic rings. The van der Waals surface area contributed by atoms with Crippen LogP contribution < -0.4 is 5.32 Å². The van der Waals surface area contributed by atoms with Crippen molar-refractivity contribution in [3.63, 3.8) is 0 Å². The Morgan fingerprint density at radius 1 is 1.08 bits per heavy atom. The fourth-order valence-electron chi connectivity index (χ4n) is 4.47. The lowest BCUT2D eigenvalue weighted by atomic mass is 9.86. The first-order chi connectivity index (χ1) is 11.6. The summed E-state index contributed by atoms with van der Waals surface area (Å²) in [5.74, 6) is 2.37. The number of fused-ring (bicyclic) bond motifs is 2. The normalized spacial score (nSPS) is 24.8. The zero-order valence-corrected chi connectivity index (χ0v) is 14.8. The van der Waals surface area contributed by atoms with Crippen LogP contribution in [0.15, 0.2) is 24.3 Å². The van der Waals surface area contributed by atoms with E-state index in [9.17, 15) is 9.59 Å². The van der Waals surface area contributed by atoms with E-state index in [4.69, 9.17) is 0 Å². The van der Waals surface area contributed by atoms with Gasteiger partial charge in [0.15, 0.2) is 0 Å². The summed E-state index contributed by atoms with van der Waals surface area (Å²) in [6, 6.07) is 7.26. The van der Waals surface area contributed by atoms with Gasteiger partial charge in [-0.25, -0.2) is 0 Å². The maximum Gasteiger partial charge on any atom is 0.253 e. The first kappa shape index (κ1) is 17.0. The van der Waals surface area contributed by atoms with Crippen LogP contribution in [0.5, 0.6) is 0 Å². The fraction of sp³-hybridized carbons (Fsp3) is 0.600. The zero-order valence-electron chi connectivity index (χ0n) is 14.8. The summed E-state index contributed by atoms with van der Waals surface area (Å²) in [7, 11) is 0. The maximum atomic E-state index is 12.3. The van der Waals surface area contributed by atoms with Gasteiger partial charge in [0.2, 0.25) is 5.91 Å². The second-order valence-electron chi connectivity index (χ2n) is 7.24. The van der Waals surface area contributed by atoms with Gasteiger partial charge >= 0.3 is 0 Å². The van der Waals surface area contributed by atoms with E-state index in [-0.39, 0.29) is 11.8 Å². The quantitative estimate of drug-likeness (QED) is 0.860. The van der Waals surface area contributed by atoms with Crippen LogP contribution in [0.3, 0.4) is 0 Å². The predicted molar refractivity (Wildman–Crippen MR) is 95.9 cm³/mol. The molecule has 0 heterocycles. The third-order valence-corrected chi connectivity index (χ3v) is 5.80. The molecule has 0 unspecified atom stereocenters. The second-order valence-corrected chi connectivity index (χ2v) is 7.24. The predicted octanol–water partition coefficient (Wildman–Crippen LogP) is 3.93. The van der Waals surface area contributed by atoms with Crippen molar-refractivity contribution < 1.29 is 9.59 Å². The number of hydrogen-bond donors (Lipinski definition) is 1. The standard InChI is InChI=1S/C20H28N2O2/c1-3-22(4-2)20(24)15-7-9-18(10-8-15)21-19(23)13-17-12-14-5-6-16(17)11-14/h7-10,14,16-17H,3-6,11-13H2,1-2H3,(H,21,23)/t14-,16-,17-/m0/s1. The Kier molecular flexibility index (Phi) is 5.22. The first-order valence-corrected chi connectivity index (χ1v) is 9.29. The molecule has 4 nitrogen and oxygen atoms in total. The Hall–Kier alpha value is -1.84. The SMILES string of the molecule is CCN(CC)C(=O)c1ccc(NC(=O)C[C@@H]2C[C@H]3CC[C@H]2C3)cc1. The summed E-state index contributed by atoms with van der Waals surface area (Å²) in [4.78, 5) is 26.4. The third kappa shape index (κ3) is 3.63. The number of amides is 2. The number of rotatable bonds is 6. The Morgan fingerprint density at radius 3 is 2.33 bits per heavy atom. The molecule has 3 rings (SSSR count). The van der Waals surface area contributed by atoms with E-state index in [0.717, 1.165) is 17.5 Å². The van der Waals surface area contributed by atoms with Gasteiger partial charge in [0.25, 0.3) is 5.91 Å². The number of nitrogens with one attached hydrogen (secondary N) is 1. The lowest BCUT2D eigenvalue weighted by molar-refractivity contribution is -0.117. The van der Waals surface area contributed by atoms with Gasteiger partial charge in [-0.15, -0.1) is 0 Å².